The zero-order valence-corrected chi connectivity index (χ0v) is 16.5. The average molecular weight is 403 g/mol. The molecular formula is C20H20Cl2N4O. The maximum absolute atomic E-state index is 12.4. The summed E-state index contributed by atoms with van der Waals surface area (Å²) >= 11 is 11.9. The Hall–Kier alpha value is -2.34. The molecule has 5 nitrogen and oxygen atoms in total. The molecule has 0 saturated carbocycles. The number of nitrogens with one attached hydrogen (secondary N) is 2. The van der Waals surface area contributed by atoms with Gasteiger partial charge >= 0.3 is 0 Å². The summed E-state index contributed by atoms with van der Waals surface area (Å²) in [5, 5.41) is 7.08. The molecule has 3 rings (SSSR count). The minimum absolute atomic E-state index is 0.00513. The van der Waals surface area contributed by atoms with E-state index < -0.39 is 6.04 Å². The molecule has 2 aromatic carbocycles. The maximum atomic E-state index is 12.4. The van der Waals surface area contributed by atoms with Crippen molar-refractivity contribution in [2.24, 2.45) is 0 Å². The van der Waals surface area contributed by atoms with Crippen LogP contribution in [0.3, 0.4) is 0 Å². The number of halogens is 2. The molecule has 0 radical (unpaired) electrons. The highest BCUT2D eigenvalue weighted by molar-refractivity contribution is 6.35. The van der Waals surface area contributed by atoms with Crippen molar-refractivity contribution < 1.29 is 4.79 Å². The predicted octanol–water partition coefficient (Wildman–Crippen LogP) is 4.86. The molecule has 0 aliphatic carbocycles. The van der Waals surface area contributed by atoms with Crippen LogP contribution in [0.5, 0.6) is 0 Å². The van der Waals surface area contributed by atoms with Gasteiger partial charge in [0.15, 0.2) is 0 Å². The Morgan fingerprint density at radius 3 is 2.33 bits per heavy atom. The Balaban J connectivity index is 1.61. The van der Waals surface area contributed by atoms with E-state index in [4.69, 9.17) is 23.2 Å². The number of rotatable bonds is 6. The Morgan fingerprint density at radius 1 is 1.07 bits per heavy atom. The summed E-state index contributed by atoms with van der Waals surface area (Å²) in [7, 11) is 0. The number of carbonyl (C=O) groups is 1. The van der Waals surface area contributed by atoms with Crippen molar-refractivity contribution in [3.05, 3.63) is 76.8 Å². The van der Waals surface area contributed by atoms with Gasteiger partial charge in [0.2, 0.25) is 5.91 Å². The van der Waals surface area contributed by atoms with Crippen LogP contribution in [0.4, 0.5) is 5.69 Å². The van der Waals surface area contributed by atoms with Gasteiger partial charge in [-0.05, 0) is 49.7 Å². The molecule has 1 amide bonds. The van der Waals surface area contributed by atoms with E-state index in [0.717, 1.165) is 11.3 Å². The first-order valence-corrected chi connectivity index (χ1v) is 9.29. The minimum atomic E-state index is -0.397. The molecule has 0 unspecified atom stereocenters. The van der Waals surface area contributed by atoms with Gasteiger partial charge in [0.05, 0.1) is 12.4 Å². The first-order chi connectivity index (χ1) is 12.9. The molecule has 3 aromatic rings. The number of hydrogen-bond donors (Lipinski definition) is 2. The van der Waals surface area contributed by atoms with Crippen molar-refractivity contribution in [2.75, 3.05) is 5.32 Å². The van der Waals surface area contributed by atoms with Gasteiger partial charge in [0.25, 0.3) is 0 Å². The molecule has 0 spiro atoms. The summed E-state index contributed by atoms with van der Waals surface area (Å²) in [5.74, 6) is -0.157. The van der Waals surface area contributed by atoms with Gasteiger partial charge < -0.3 is 9.88 Å². The molecular weight excluding hydrogens is 383 g/mol. The van der Waals surface area contributed by atoms with Crippen molar-refractivity contribution in [2.45, 2.75) is 25.9 Å². The lowest BCUT2D eigenvalue weighted by molar-refractivity contribution is -0.117. The fourth-order valence-corrected chi connectivity index (χ4v) is 3.30. The van der Waals surface area contributed by atoms with Crippen LogP contribution in [-0.4, -0.2) is 21.5 Å². The van der Waals surface area contributed by atoms with Gasteiger partial charge in [0.1, 0.15) is 0 Å². The predicted molar refractivity (Wildman–Crippen MR) is 110 cm³/mol. The third-order valence-electron chi connectivity index (χ3n) is 4.22. The van der Waals surface area contributed by atoms with Gasteiger partial charge in [-0.15, -0.1) is 0 Å². The van der Waals surface area contributed by atoms with Crippen LogP contribution in [0.25, 0.3) is 5.69 Å². The van der Waals surface area contributed by atoms with Gasteiger partial charge in [-0.2, -0.15) is 0 Å². The maximum Gasteiger partial charge on any atom is 0.241 e. The topological polar surface area (TPSA) is 59.0 Å². The Bertz CT molecular complexity index is 890. The minimum Gasteiger partial charge on any atom is -0.325 e. The van der Waals surface area contributed by atoms with Gasteiger partial charge in [-0.25, -0.2) is 4.98 Å². The number of benzene rings is 2. The quantitative estimate of drug-likeness (QED) is 0.618. The van der Waals surface area contributed by atoms with Crippen molar-refractivity contribution in [1.82, 2.24) is 14.9 Å². The number of amides is 1. The number of anilines is 1. The van der Waals surface area contributed by atoms with E-state index in [9.17, 15) is 4.79 Å². The monoisotopic (exact) mass is 402 g/mol. The van der Waals surface area contributed by atoms with E-state index in [0.29, 0.717) is 15.7 Å². The van der Waals surface area contributed by atoms with E-state index in [-0.39, 0.29) is 11.9 Å². The van der Waals surface area contributed by atoms with Crippen molar-refractivity contribution in [3.63, 3.8) is 0 Å². The third-order valence-corrected chi connectivity index (χ3v) is 4.66. The summed E-state index contributed by atoms with van der Waals surface area (Å²) in [6, 6.07) is 12.7. The fraction of sp³-hybridized carbons (Fsp3) is 0.200. The summed E-state index contributed by atoms with van der Waals surface area (Å²) in [6.45, 7) is 3.84. The summed E-state index contributed by atoms with van der Waals surface area (Å²) in [6.07, 6.45) is 5.39. The second-order valence-corrected chi connectivity index (χ2v) is 7.19. The molecule has 1 heterocycles. The lowest BCUT2D eigenvalue weighted by Crippen LogP contribution is -2.39. The number of aromatic nitrogens is 2. The number of imidazole rings is 1. The molecule has 0 saturated heterocycles. The lowest BCUT2D eigenvalue weighted by Gasteiger charge is -2.20. The summed E-state index contributed by atoms with van der Waals surface area (Å²) < 4.78 is 1.94. The standard InChI is InChI=1S/C20H20Cl2N4O/c1-13(15-3-5-19(6-4-15)26-8-7-23-12-26)24-14(2)20(27)25-18-10-16(21)9-17(22)11-18/h3-14,24H,1-2H3,(H,25,27)/t13-,14+/m0/s1. The molecule has 1 aromatic heterocycles. The molecule has 0 bridgehead atoms. The Kier molecular flexibility index (Phi) is 6.16. The highest BCUT2D eigenvalue weighted by atomic mass is 35.5. The molecule has 140 valence electrons. The fourth-order valence-electron chi connectivity index (χ4n) is 2.77. The summed E-state index contributed by atoms with van der Waals surface area (Å²) in [4.78, 5) is 16.5. The molecule has 0 aliphatic heterocycles. The molecule has 0 aliphatic rings. The van der Waals surface area contributed by atoms with Crippen LogP contribution in [0.15, 0.2) is 61.2 Å². The Morgan fingerprint density at radius 2 is 1.74 bits per heavy atom. The second-order valence-electron chi connectivity index (χ2n) is 6.32. The van der Waals surface area contributed by atoms with Crippen molar-refractivity contribution in [1.29, 1.82) is 0 Å². The normalized spacial score (nSPS) is 13.2. The first kappa shape index (κ1) is 19.4. The van der Waals surface area contributed by atoms with E-state index in [1.165, 1.54) is 0 Å². The van der Waals surface area contributed by atoms with Crippen LogP contribution in [0.1, 0.15) is 25.5 Å². The number of nitrogens with zero attached hydrogens (tertiary/aromatic N) is 2. The molecule has 0 fully saturated rings. The van der Waals surface area contributed by atoms with E-state index in [1.807, 2.05) is 48.9 Å². The zero-order chi connectivity index (χ0) is 19.4. The number of carbonyl (C=O) groups excluding carboxylic acids is 1. The largest absolute Gasteiger partial charge is 0.325 e. The lowest BCUT2D eigenvalue weighted by atomic mass is 10.1. The van der Waals surface area contributed by atoms with Crippen LogP contribution < -0.4 is 10.6 Å². The first-order valence-electron chi connectivity index (χ1n) is 8.53. The van der Waals surface area contributed by atoms with Crippen LogP contribution >= 0.6 is 23.2 Å². The third kappa shape index (κ3) is 5.10. The van der Waals surface area contributed by atoms with E-state index >= 15 is 0 Å². The van der Waals surface area contributed by atoms with Crippen LogP contribution in [-0.2, 0) is 4.79 Å². The second kappa shape index (κ2) is 8.57. The molecule has 7 heteroatoms. The van der Waals surface area contributed by atoms with Crippen LogP contribution in [0.2, 0.25) is 10.0 Å². The SMILES string of the molecule is C[C@H](N[C@H](C)C(=O)Nc1cc(Cl)cc(Cl)c1)c1ccc(-n2ccnc2)cc1. The van der Waals surface area contributed by atoms with Gasteiger partial charge in [-0.1, -0.05) is 35.3 Å². The smallest absolute Gasteiger partial charge is 0.241 e. The van der Waals surface area contributed by atoms with E-state index in [2.05, 4.69) is 15.6 Å². The summed E-state index contributed by atoms with van der Waals surface area (Å²) in [5.41, 5.74) is 2.69. The van der Waals surface area contributed by atoms with Crippen LogP contribution in [0, 0.1) is 0 Å². The molecule has 2 N–H and O–H groups in total. The van der Waals surface area contributed by atoms with Crippen molar-refractivity contribution in [3.8, 4) is 5.69 Å². The highest BCUT2D eigenvalue weighted by Crippen LogP contribution is 2.23. The Labute approximate surface area is 168 Å². The average Bonchev–Trinajstić information content (AvgIpc) is 3.15. The van der Waals surface area contributed by atoms with E-state index in [1.54, 1.807) is 30.7 Å². The zero-order valence-electron chi connectivity index (χ0n) is 15.0. The highest BCUT2D eigenvalue weighted by Gasteiger charge is 2.17. The van der Waals surface area contributed by atoms with Crippen molar-refractivity contribution >= 4 is 34.8 Å². The molecule has 27 heavy (non-hydrogen) atoms. The van der Waals surface area contributed by atoms with Gasteiger partial charge in [0, 0.05) is 39.9 Å². The number of hydrogen-bond acceptors (Lipinski definition) is 3. The van der Waals surface area contributed by atoms with Gasteiger partial charge in [-0.3, -0.25) is 10.1 Å². The molecule has 2 atom stereocenters.